The highest BCUT2D eigenvalue weighted by Gasteiger charge is 2.17. The van der Waals surface area contributed by atoms with Crippen molar-refractivity contribution in [3.63, 3.8) is 0 Å². The highest BCUT2D eigenvalue weighted by Crippen LogP contribution is 2.33. The van der Waals surface area contributed by atoms with Gasteiger partial charge in [0.2, 0.25) is 5.91 Å². The molecule has 2 rings (SSSR count). The number of benzene rings is 2. The molecule has 0 saturated carbocycles. The molecule has 22 heavy (non-hydrogen) atoms. The summed E-state index contributed by atoms with van der Waals surface area (Å²) in [5, 5.41) is 4.41. The molecule has 7 heteroatoms. The van der Waals surface area contributed by atoms with Crippen molar-refractivity contribution >= 4 is 69.8 Å². The summed E-state index contributed by atoms with van der Waals surface area (Å²) in [5.41, 5.74) is 0.515. The Morgan fingerprint density at radius 1 is 1.00 bits per heavy atom. The van der Waals surface area contributed by atoms with Crippen molar-refractivity contribution in [2.75, 3.05) is 5.32 Å². The Balaban J connectivity index is 2.07. The number of nitrogens with one attached hydrogen (secondary N) is 1. The zero-order valence-corrected chi connectivity index (χ0v) is 15.2. The lowest BCUT2D eigenvalue weighted by Crippen LogP contribution is -2.22. The van der Waals surface area contributed by atoms with Gasteiger partial charge in [-0.1, -0.05) is 46.4 Å². The standard InChI is InChI=1S/C15H11Cl4NOS/c1-8(22-14-7-10(17)2-4-11(14)18)15(21)20-13-5-3-9(16)6-12(13)19/h2-8H,1H3,(H,20,21). The summed E-state index contributed by atoms with van der Waals surface area (Å²) in [7, 11) is 0. The van der Waals surface area contributed by atoms with Crippen molar-refractivity contribution in [3.05, 3.63) is 56.5 Å². The van der Waals surface area contributed by atoms with Crippen LogP contribution in [0.25, 0.3) is 0 Å². The van der Waals surface area contributed by atoms with Gasteiger partial charge in [-0.25, -0.2) is 0 Å². The van der Waals surface area contributed by atoms with E-state index >= 15 is 0 Å². The second kappa shape index (κ2) is 7.80. The van der Waals surface area contributed by atoms with E-state index in [0.717, 1.165) is 4.90 Å². The molecule has 2 aromatic rings. The number of rotatable bonds is 4. The normalized spacial score (nSPS) is 12.0. The molecule has 0 bridgehead atoms. The van der Waals surface area contributed by atoms with Crippen LogP contribution in [0.2, 0.25) is 20.1 Å². The van der Waals surface area contributed by atoms with E-state index in [-0.39, 0.29) is 11.2 Å². The van der Waals surface area contributed by atoms with Crippen LogP contribution in [0.3, 0.4) is 0 Å². The molecule has 116 valence electrons. The maximum absolute atomic E-state index is 12.3. The zero-order valence-electron chi connectivity index (χ0n) is 11.4. The predicted octanol–water partition coefficient (Wildman–Crippen LogP) is 6.42. The minimum Gasteiger partial charge on any atom is -0.324 e. The molecule has 0 aliphatic carbocycles. The fourth-order valence-electron chi connectivity index (χ4n) is 1.64. The summed E-state index contributed by atoms with van der Waals surface area (Å²) in [4.78, 5) is 13.0. The molecule has 0 aromatic heterocycles. The number of carbonyl (C=O) groups is 1. The molecule has 1 amide bonds. The number of anilines is 1. The van der Waals surface area contributed by atoms with Gasteiger partial charge in [-0.05, 0) is 43.3 Å². The van der Waals surface area contributed by atoms with Crippen LogP contribution in [0.15, 0.2) is 41.3 Å². The Morgan fingerprint density at radius 3 is 2.32 bits per heavy atom. The van der Waals surface area contributed by atoms with Crippen molar-refractivity contribution in [1.82, 2.24) is 0 Å². The van der Waals surface area contributed by atoms with Crippen molar-refractivity contribution in [2.24, 2.45) is 0 Å². The molecule has 1 unspecified atom stereocenters. The van der Waals surface area contributed by atoms with E-state index in [4.69, 9.17) is 46.4 Å². The number of halogens is 4. The average molecular weight is 395 g/mol. The van der Waals surface area contributed by atoms with E-state index in [2.05, 4.69) is 5.32 Å². The minimum absolute atomic E-state index is 0.190. The molecule has 0 fully saturated rings. The Bertz CT molecular complexity index is 708. The maximum Gasteiger partial charge on any atom is 0.237 e. The number of carbonyl (C=O) groups excluding carboxylic acids is 1. The lowest BCUT2D eigenvalue weighted by molar-refractivity contribution is -0.115. The van der Waals surface area contributed by atoms with Gasteiger partial charge in [-0.15, -0.1) is 11.8 Å². The van der Waals surface area contributed by atoms with Crippen molar-refractivity contribution in [1.29, 1.82) is 0 Å². The fourth-order valence-corrected chi connectivity index (χ4v) is 3.50. The highest BCUT2D eigenvalue weighted by atomic mass is 35.5. The number of hydrogen-bond acceptors (Lipinski definition) is 2. The second-order valence-electron chi connectivity index (χ2n) is 4.45. The van der Waals surface area contributed by atoms with Crippen LogP contribution in [-0.4, -0.2) is 11.2 Å². The largest absolute Gasteiger partial charge is 0.324 e. The quantitative estimate of drug-likeness (QED) is 0.606. The van der Waals surface area contributed by atoms with Gasteiger partial charge in [-0.2, -0.15) is 0 Å². The first kappa shape index (κ1) is 17.8. The second-order valence-corrected chi connectivity index (χ2v) is 7.52. The van der Waals surface area contributed by atoms with Crippen LogP contribution in [0.4, 0.5) is 5.69 Å². The smallest absolute Gasteiger partial charge is 0.237 e. The van der Waals surface area contributed by atoms with E-state index in [9.17, 15) is 4.79 Å². The van der Waals surface area contributed by atoms with Crippen LogP contribution < -0.4 is 5.32 Å². The molecule has 0 radical (unpaired) electrons. The van der Waals surface area contributed by atoms with Gasteiger partial charge in [0.05, 0.1) is 21.0 Å². The van der Waals surface area contributed by atoms with Crippen LogP contribution in [0.5, 0.6) is 0 Å². The van der Waals surface area contributed by atoms with Crippen molar-refractivity contribution in [3.8, 4) is 0 Å². The summed E-state index contributed by atoms with van der Waals surface area (Å²) in [5.74, 6) is -0.190. The number of thioether (sulfide) groups is 1. The fraction of sp³-hybridized carbons (Fsp3) is 0.133. The molecular weight excluding hydrogens is 384 g/mol. The Kier molecular flexibility index (Phi) is 6.30. The van der Waals surface area contributed by atoms with Crippen molar-refractivity contribution in [2.45, 2.75) is 17.1 Å². The summed E-state index contributed by atoms with van der Waals surface area (Å²) >= 11 is 25.2. The Labute approximate surface area is 153 Å². The van der Waals surface area contributed by atoms with E-state index in [1.165, 1.54) is 11.8 Å². The van der Waals surface area contributed by atoms with Gasteiger partial charge in [-0.3, -0.25) is 4.79 Å². The molecule has 0 heterocycles. The SMILES string of the molecule is CC(Sc1cc(Cl)ccc1Cl)C(=O)Nc1ccc(Cl)cc1Cl. The number of hydrogen-bond donors (Lipinski definition) is 1. The van der Waals surface area contributed by atoms with Gasteiger partial charge in [0.25, 0.3) is 0 Å². The van der Waals surface area contributed by atoms with E-state index in [1.54, 1.807) is 43.3 Å². The van der Waals surface area contributed by atoms with Crippen LogP contribution in [-0.2, 0) is 4.79 Å². The summed E-state index contributed by atoms with van der Waals surface area (Å²) in [6.45, 7) is 1.78. The minimum atomic E-state index is -0.372. The van der Waals surface area contributed by atoms with Gasteiger partial charge < -0.3 is 5.32 Å². The van der Waals surface area contributed by atoms with E-state index in [0.29, 0.717) is 25.8 Å². The van der Waals surface area contributed by atoms with Crippen LogP contribution >= 0.6 is 58.2 Å². The topological polar surface area (TPSA) is 29.1 Å². The molecule has 0 aliphatic rings. The van der Waals surface area contributed by atoms with E-state index < -0.39 is 0 Å². The average Bonchev–Trinajstić information content (AvgIpc) is 2.45. The molecule has 1 N–H and O–H groups in total. The first-order valence-corrected chi connectivity index (χ1v) is 8.63. The van der Waals surface area contributed by atoms with Crippen LogP contribution in [0, 0.1) is 0 Å². The molecular formula is C15H11Cl4NOS. The van der Waals surface area contributed by atoms with Gasteiger partial charge in [0.1, 0.15) is 0 Å². The number of amides is 1. The monoisotopic (exact) mass is 393 g/mol. The lowest BCUT2D eigenvalue weighted by atomic mass is 10.3. The Morgan fingerprint density at radius 2 is 1.64 bits per heavy atom. The van der Waals surface area contributed by atoms with Gasteiger partial charge in [0, 0.05) is 14.9 Å². The molecule has 2 nitrogen and oxygen atoms in total. The van der Waals surface area contributed by atoms with Crippen molar-refractivity contribution < 1.29 is 4.79 Å². The highest BCUT2D eigenvalue weighted by molar-refractivity contribution is 8.00. The molecule has 0 spiro atoms. The third-order valence-corrected chi connectivity index (χ3v) is 5.14. The van der Waals surface area contributed by atoms with Gasteiger partial charge >= 0.3 is 0 Å². The zero-order chi connectivity index (χ0) is 16.3. The maximum atomic E-state index is 12.3. The van der Waals surface area contributed by atoms with Crippen LogP contribution in [0.1, 0.15) is 6.92 Å². The first-order valence-electron chi connectivity index (χ1n) is 6.24. The summed E-state index contributed by atoms with van der Waals surface area (Å²) in [6, 6.07) is 10.0. The lowest BCUT2D eigenvalue weighted by Gasteiger charge is -2.14. The molecule has 2 aromatic carbocycles. The molecule has 0 saturated heterocycles. The third-order valence-electron chi connectivity index (χ3n) is 2.76. The predicted molar refractivity (Wildman–Crippen MR) is 96.9 cm³/mol. The molecule has 0 aliphatic heterocycles. The van der Waals surface area contributed by atoms with E-state index in [1.807, 2.05) is 0 Å². The summed E-state index contributed by atoms with van der Waals surface area (Å²) < 4.78 is 0. The summed E-state index contributed by atoms with van der Waals surface area (Å²) in [6.07, 6.45) is 0. The van der Waals surface area contributed by atoms with Gasteiger partial charge in [0.15, 0.2) is 0 Å². The molecule has 1 atom stereocenters. The Hall–Kier alpha value is -0.580. The first-order chi connectivity index (χ1) is 10.4. The third kappa shape index (κ3) is 4.71.